The van der Waals surface area contributed by atoms with E-state index in [1.54, 1.807) is 54.7 Å². The van der Waals surface area contributed by atoms with E-state index in [1.807, 2.05) is 0 Å². The second-order valence-electron chi connectivity index (χ2n) is 15.9. The van der Waals surface area contributed by atoms with Crippen LogP contribution in [0.2, 0.25) is 0 Å². The molecule has 2 aliphatic carbocycles. The largest absolute Gasteiger partial charge is 0.374 e. The average Bonchev–Trinajstić information content (AvgIpc) is 3.24. The summed E-state index contributed by atoms with van der Waals surface area (Å²) in [5.74, 6) is -1.10. The van der Waals surface area contributed by atoms with Gasteiger partial charge in [-0.3, -0.25) is 34.0 Å². The van der Waals surface area contributed by atoms with E-state index < -0.39 is 11.9 Å². The van der Waals surface area contributed by atoms with Crippen molar-refractivity contribution in [3.8, 4) is 16.9 Å². The molecule has 0 spiro atoms. The van der Waals surface area contributed by atoms with Crippen molar-refractivity contribution in [1.29, 1.82) is 0 Å². The summed E-state index contributed by atoms with van der Waals surface area (Å²) < 4.78 is 31.7. The molecule has 4 aromatic rings. The van der Waals surface area contributed by atoms with E-state index >= 15 is 4.39 Å². The van der Waals surface area contributed by atoms with E-state index in [0.29, 0.717) is 54.1 Å². The smallest absolute Gasteiger partial charge is 0.255 e. The summed E-state index contributed by atoms with van der Waals surface area (Å²) in [7, 11) is 0. The van der Waals surface area contributed by atoms with Gasteiger partial charge in [0.1, 0.15) is 17.6 Å². The maximum Gasteiger partial charge on any atom is 0.255 e. The highest BCUT2D eigenvalue weighted by Crippen LogP contribution is 2.32. The number of aromatic nitrogens is 3. The molecule has 4 aliphatic rings. The Morgan fingerprint density at radius 1 is 0.776 bits per heavy atom. The standard InChI is InChI=1S/C43H49F2N9O4/c44-34-25-31(47-36-16-18-38(55)50-42(36)58)13-17-37(34)53-22-20-52(21-23-53)32-14-7-27(8-15-32)41(57)48-29-9-11-30(12-10-29)49-43-46-26-35(45)40(51-43)28-4-3-5-33(24-28)54-19-2-1-6-39(54)56/h1-6,13,17,19,24-27,29-30,32,36,47H,7-12,14-16,18,20-23H2,(H,48,57)(H,46,49,51)(H,50,55,58)/t27-,29-,30-,32-,36?. The number of imide groups is 1. The Bertz CT molecular complexity index is 2190. The first-order valence-electron chi connectivity index (χ1n) is 20.4. The van der Waals surface area contributed by atoms with Gasteiger partial charge in [-0.2, -0.15) is 0 Å². The maximum absolute atomic E-state index is 15.2. The van der Waals surface area contributed by atoms with Crippen molar-refractivity contribution in [2.45, 2.75) is 88.4 Å². The van der Waals surface area contributed by atoms with Crippen LogP contribution in [-0.4, -0.2) is 87.5 Å². The van der Waals surface area contributed by atoms with Crippen molar-refractivity contribution >= 4 is 35.0 Å². The zero-order valence-corrected chi connectivity index (χ0v) is 32.3. The number of anilines is 3. The van der Waals surface area contributed by atoms with Crippen LogP contribution in [0.15, 0.2) is 77.9 Å². The van der Waals surface area contributed by atoms with Gasteiger partial charge in [0.2, 0.25) is 23.7 Å². The monoisotopic (exact) mass is 793 g/mol. The van der Waals surface area contributed by atoms with E-state index in [1.165, 1.54) is 22.9 Å². The van der Waals surface area contributed by atoms with Gasteiger partial charge in [0.05, 0.1) is 11.9 Å². The van der Waals surface area contributed by atoms with Crippen LogP contribution in [0.3, 0.4) is 0 Å². The number of piperazine rings is 1. The molecule has 2 aliphatic heterocycles. The van der Waals surface area contributed by atoms with Crippen LogP contribution in [0.5, 0.6) is 0 Å². The molecular weight excluding hydrogens is 745 g/mol. The van der Waals surface area contributed by atoms with Crippen molar-refractivity contribution in [1.82, 2.24) is 30.1 Å². The second-order valence-corrected chi connectivity index (χ2v) is 15.9. The normalized spacial score (nSPS) is 24.2. The fraction of sp³-hybridized carbons (Fsp3) is 0.442. The first-order chi connectivity index (χ1) is 28.2. The lowest BCUT2D eigenvalue weighted by Gasteiger charge is -2.42. The van der Waals surface area contributed by atoms with Crippen LogP contribution in [-0.2, 0) is 14.4 Å². The SMILES string of the molecule is O=C1CCC(Nc2ccc(N3CCN([C@H]4CC[C@H](C(=O)N[C@H]5CC[C@H](Nc6ncc(F)c(-c7cccc(-n8ccccc8=O)c7)n6)CC5)CC4)CC3)c(F)c2)C(=O)N1. The topological polar surface area (TPSA) is 154 Å². The molecule has 2 aromatic heterocycles. The van der Waals surface area contributed by atoms with Gasteiger partial charge < -0.3 is 20.9 Å². The van der Waals surface area contributed by atoms with Crippen LogP contribution < -0.4 is 31.7 Å². The molecule has 8 rings (SSSR count). The Morgan fingerprint density at radius 2 is 1.55 bits per heavy atom. The summed E-state index contributed by atoms with van der Waals surface area (Å²) >= 11 is 0. The molecule has 1 unspecified atom stereocenters. The minimum absolute atomic E-state index is 0.000148. The van der Waals surface area contributed by atoms with Crippen LogP contribution in [0, 0.1) is 17.6 Å². The third-order valence-electron chi connectivity index (χ3n) is 12.1. The highest BCUT2D eigenvalue weighted by atomic mass is 19.1. The minimum atomic E-state index is -0.564. The Kier molecular flexibility index (Phi) is 11.8. The number of hydrogen-bond donors (Lipinski definition) is 4. The van der Waals surface area contributed by atoms with Crippen molar-refractivity contribution in [3.05, 3.63) is 95.0 Å². The summed E-state index contributed by atoms with van der Waals surface area (Å²) in [6, 6.07) is 16.9. The molecule has 4 N–H and O–H groups in total. The molecule has 1 atom stereocenters. The number of rotatable bonds is 10. The van der Waals surface area contributed by atoms with Gasteiger partial charge in [-0.25, -0.2) is 18.7 Å². The van der Waals surface area contributed by atoms with E-state index in [4.69, 9.17) is 0 Å². The number of hydrogen-bond acceptors (Lipinski definition) is 10. The zero-order valence-electron chi connectivity index (χ0n) is 32.3. The lowest BCUT2D eigenvalue weighted by atomic mass is 9.83. The maximum atomic E-state index is 15.2. The summed E-state index contributed by atoms with van der Waals surface area (Å²) in [5, 5.41) is 12.1. The molecule has 304 valence electrons. The lowest BCUT2D eigenvalue weighted by molar-refractivity contribution is -0.133. The molecule has 0 radical (unpaired) electrons. The zero-order chi connectivity index (χ0) is 40.2. The fourth-order valence-electron chi connectivity index (χ4n) is 8.88. The molecule has 4 fully saturated rings. The minimum Gasteiger partial charge on any atom is -0.374 e. The van der Waals surface area contributed by atoms with Crippen molar-refractivity contribution in [2.24, 2.45) is 5.92 Å². The summed E-state index contributed by atoms with van der Waals surface area (Å²) in [6.07, 6.45) is 10.4. The molecule has 3 amide bonds. The van der Waals surface area contributed by atoms with Crippen molar-refractivity contribution in [3.63, 3.8) is 0 Å². The molecule has 58 heavy (non-hydrogen) atoms. The molecular formula is C43H49F2N9O4. The van der Waals surface area contributed by atoms with Crippen LogP contribution >= 0.6 is 0 Å². The van der Waals surface area contributed by atoms with Gasteiger partial charge in [-0.05, 0) is 94.2 Å². The number of pyridine rings is 1. The Hall–Kier alpha value is -5.70. The Morgan fingerprint density at radius 3 is 2.29 bits per heavy atom. The van der Waals surface area contributed by atoms with Gasteiger partial charge in [0.25, 0.3) is 5.56 Å². The van der Waals surface area contributed by atoms with E-state index in [9.17, 15) is 23.6 Å². The quantitative estimate of drug-likeness (QED) is 0.161. The van der Waals surface area contributed by atoms with Gasteiger partial charge in [0, 0.05) is 85.8 Å². The summed E-state index contributed by atoms with van der Waals surface area (Å²) in [5.41, 5.74) is 2.17. The van der Waals surface area contributed by atoms with E-state index in [0.717, 1.165) is 64.5 Å². The number of halogens is 2. The summed E-state index contributed by atoms with van der Waals surface area (Å²) in [4.78, 5) is 62.5. The predicted molar refractivity (Wildman–Crippen MR) is 217 cm³/mol. The highest BCUT2D eigenvalue weighted by molar-refractivity contribution is 6.01. The van der Waals surface area contributed by atoms with Crippen molar-refractivity contribution < 1.29 is 23.2 Å². The highest BCUT2D eigenvalue weighted by Gasteiger charge is 2.33. The molecule has 0 bridgehead atoms. The fourth-order valence-corrected chi connectivity index (χ4v) is 8.88. The molecule has 2 saturated carbocycles. The van der Waals surface area contributed by atoms with Gasteiger partial charge >= 0.3 is 0 Å². The van der Waals surface area contributed by atoms with Crippen LogP contribution in [0.4, 0.5) is 26.1 Å². The van der Waals surface area contributed by atoms with Crippen LogP contribution in [0.1, 0.15) is 64.2 Å². The number of benzene rings is 2. The third kappa shape index (κ3) is 9.04. The third-order valence-corrected chi connectivity index (χ3v) is 12.1. The number of piperidine rings is 1. The first-order valence-corrected chi connectivity index (χ1v) is 20.4. The lowest BCUT2D eigenvalue weighted by Crippen LogP contribution is -2.52. The molecule has 13 nitrogen and oxygen atoms in total. The van der Waals surface area contributed by atoms with Gasteiger partial charge in [-0.15, -0.1) is 0 Å². The van der Waals surface area contributed by atoms with Crippen LogP contribution in [0.25, 0.3) is 16.9 Å². The number of amides is 3. The summed E-state index contributed by atoms with van der Waals surface area (Å²) in [6.45, 7) is 3.05. The first kappa shape index (κ1) is 39.1. The Labute approximate surface area is 335 Å². The molecule has 4 heterocycles. The molecule has 15 heteroatoms. The number of nitrogens with one attached hydrogen (secondary N) is 4. The Balaban J connectivity index is 0.760. The van der Waals surface area contributed by atoms with Crippen molar-refractivity contribution in [2.75, 3.05) is 41.7 Å². The van der Waals surface area contributed by atoms with E-state index in [2.05, 4.69) is 41.0 Å². The molecule has 2 aromatic carbocycles. The number of carbonyl (C=O) groups excluding carboxylic acids is 3. The van der Waals surface area contributed by atoms with Gasteiger partial charge in [0.15, 0.2) is 5.82 Å². The predicted octanol–water partition coefficient (Wildman–Crippen LogP) is 5.01. The number of nitrogens with zero attached hydrogens (tertiary/aromatic N) is 5. The number of carbonyl (C=O) groups is 3. The van der Waals surface area contributed by atoms with Gasteiger partial charge in [-0.1, -0.05) is 18.2 Å². The molecule has 2 saturated heterocycles. The second kappa shape index (κ2) is 17.4. The van der Waals surface area contributed by atoms with E-state index in [-0.39, 0.29) is 59.2 Å². The average molecular weight is 794 g/mol.